The summed E-state index contributed by atoms with van der Waals surface area (Å²) < 4.78 is 5.83. The highest BCUT2D eigenvalue weighted by Crippen LogP contribution is 2.25. The maximum atomic E-state index is 12.5. The molecule has 2 heterocycles. The van der Waals surface area contributed by atoms with E-state index in [1.807, 2.05) is 11.8 Å². The number of nitro benzene ring substituents is 1. The number of benzene rings is 1. The van der Waals surface area contributed by atoms with E-state index in [1.165, 1.54) is 24.3 Å². The van der Waals surface area contributed by atoms with Gasteiger partial charge >= 0.3 is 0 Å². The van der Waals surface area contributed by atoms with Gasteiger partial charge in [0.2, 0.25) is 5.88 Å². The van der Waals surface area contributed by atoms with E-state index in [1.54, 1.807) is 18.3 Å². The van der Waals surface area contributed by atoms with Crippen LogP contribution in [0.4, 0.5) is 11.4 Å². The fraction of sp³-hybridized carbons (Fsp3) is 0.250. The van der Waals surface area contributed by atoms with Gasteiger partial charge in [-0.3, -0.25) is 14.9 Å². The van der Waals surface area contributed by atoms with E-state index in [0.717, 1.165) is 17.9 Å². The summed E-state index contributed by atoms with van der Waals surface area (Å²) >= 11 is 1.81. The summed E-state index contributed by atoms with van der Waals surface area (Å²) in [6.07, 6.45) is 2.58. The molecule has 1 N–H and O–H groups in total. The summed E-state index contributed by atoms with van der Waals surface area (Å²) in [4.78, 5) is 26.8. The van der Waals surface area contributed by atoms with Crippen LogP contribution in [0.2, 0.25) is 0 Å². The van der Waals surface area contributed by atoms with Gasteiger partial charge in [0.15, 0.2) is 0 Å². The standard InChI is InChI=1S/C16H15N3O4S/c20-15(18-11-3-5-12(6-4-11)19(21)22)14-2-1-8-17-16(14)23-13-7-9-24-10-13/h1-6,8,13H,7,9-10H2,(H,18,20). The second kappa shape index (κ2) is 7.31. The first kappa shape index (κ1) is 16.3. The number of amides is 1. The monoisotopic (exact) mass is 345 g/mol. The molecule has 1 atom stereocenters. The zero-order chi connectivity index (χ0) is 16.9. The summed E-state index contributed by atoms with van der Waals surface area (Å²) in [5, 5.41) is 13.4. The molecule has 0 bridgehead atoms. The maximum Gasteiger partial charge on any atom is 0.269 e. The lowest BCUT2D eigenvalue weighted by Gasteiger charge is -2.14. The van der Waals surface area contributed by atoms with Crippen molar-refractivity contribution in [1.29, 1.82) is 0 Å². The number of carbonyl (C=O) groups excluding carboxylic acids is 1. The van der Waals surface area contributed by atoms with Crippen LogP contribution < -0.4 is 10.1 Å². The minimum atomic E-state index is -0.488. The van der Waals surface area contributed by atoms with Gasteiger partial charge in [-0.2, -0.15) is 11.8 Å². The molecule has 1 aromatic heterocycles. The predicted molar refractivity (Wildman–Crippen MR) is 91.6 cm³/mol. The largest absolute Gasteiger partial charge is 0.473 e. The smallest absolute Gasteiger partial charge is 0.269 e. The Morgan fingerprint density at radius 2 is 2.12 bits per heavy atom. The van der Waals surface area contributed by atoms with E-state index in [-0.39, 0.29) is 17.7 Å². The van der Waals surface area contributed by atoms with Gasteiger partial charge in [-0.25, -0.2) is 4.98 Å². The Balaban J connectivity index is 1.73. The van der Waals surface area contributed by atoms with Gasteiger partial charge in [-0.05, 0) is 36.4 Å². The minimum Gasteiger partial charge on any atom is -0.473 e. The molecule has 1 unspecified atom stereocenters. The Kier molecular flexibility index (Phi) is 4.95. The number of ether oxygens (including phenoxy) is 1. The highest BCUT2D eigenvalue weighted by molar-refractivity contribution is 7.99. The molecule has 2 aromatic rings. The lowest BCUT2D eigenvalue weighted by atomic mass is 10.2. The number of pyridine rings is 1. The van der Waals surface area contributed by atoms with Crippen LogP contribution in [-0.4, -0.2) is 33.4 Å². The molecule has 1 aliphatic heterocycles. The van der Waals surface area contributed by atoms with Crippen LogP contribution in [0.5, 0.6) is 5.88 Å². The van der Waals surface area contributed by atoms with E-state index < -0.39 is 4.92 Å². The van der Waals surface area contributed by atoms with Crippen LogP contribution in [0.25, 0.3) is 0 Å². The molecule has 8 heteroatoms. The molecule has 1 amide bonds. The van der Waals surface area contributed by atoms with E-state index in [2.05, 4.69) is 10.3 Å². The Morgan fingerprint density at radius 3 is 2.79 bits per heavy atom. The number of nitrogens with zero attached hydrogens (tertiary/aromatic N) is 2. The number of hydrogen-bond acceptors (Lipinski definition) is 6. The zero-order valence-corrected chi connectivity index (χ0v) is 13.5. The Hall–Kier alpha value is -2.61. The molecule has 3 rings (SSSR count). The molecule has 0 saturated carbocycles. The molecular weight excluding hydrogens is 330 g/mol. The van der Waals surface area contributed by atoms with E-state index >= 15 is 0 Å². The van der Waals surface area contributed by atoms with Crippen LogP contribution in [0.1, 0.15) is 16.8 Å². The predicted octanol–water partition coefficient (Wildman–Crippen LogP) is 3.13. The third-order valence-corrected chi connectivity index (χ3v) is 4.65. The highest BCUT2D eigenvalue weighted by Gasteiger charge is 2.21. The van der Waals surface area contributed by atoms with Crippen molar-refractivity contribution in [2.75, 3.05) is 16.8 Å². The van der Waals surface area contributed by atoms with Crippen molar-refractivity contribution in [3.8, 4) is 5.88 Å². The number of carbonyl (C=O) groups is 1. The van der Waals surface area contributed by atoms with Crippen molar-refractivity contribution in [2.45, 2.75) is 12.5 Å². The Morgan fingerprint density at radius 1 is 1.33 bits per heavy atom. The summed E-state index contributed by atoms with van der Waals surface area (Å²) in [5.74, 6) is 1.88. The first-order valence-corrected chi connectivity index (χ1v) is 8.54. The topological polar surface area (TPSA) is 94.4 Å². The Labute approximate surface area is 142 Å². The molecule has 0 radical (unpaired) electrons. The summed E-state index contributed by atoms with van der Waals surface area (Å²) in [6.45, 7) is 0. The number of aromatic nitrogens is 1. The van der Waals surface area contributed by atoms with Crippen molar-refractivity contribution < 1.29 is 14.5 Å². The number of non-ortho nitro benzene ring substituents is 1. The molecule has 124 valence electrons. The molecular formula is C16H15N3O4S. The second-order valence-electron chi connectivity index (χ2n) is 5.22. The van der Waals surface area contributed by atoms with Crippen LogP contribution >= 0.6 is 11.8 Å². The molecule has 0 spiro atoms. The van der Waals surface area contributed by atoms with Gasteiger partial charge in [0.1, 0.15) is 11.7 Å². The van der Waals surface area contributed by atoms with Gasteiger partial charge in [0.05, 0.1) is 4.92 Å². The van der Waals surface area contributed by atoms with Crippen molar-refractivity contribution in [1.82, 2.24) is 4.98 Å². The fourth-order valence-corrected chi connectivity index (χ4v) is 3.38. The second-order valence-corrected chi connectivity index (χ2v) is 6.37. The Bertz CT molecular complexity index is 745. The van der Waals surface area contributed by atoms with Crippen molar-refractivity contribution in [2.24, 2.45) is 0 Å². The number of nitro groups is 1. The number of anilines is 1. The van der Waals surface area contributed by atoms with Crippen LogP contribution in [0, 0.1) is 10.1 Å². The normalized spacial score (nSPS) is 16.6. The van der Waals surface area contributed by atoms with Gasteiger partial charge in [0, 0.05) is 29.8 Å². The lowest BCUT2D eigenvalue weighted by Crippen LogP contribution is -2.20. The first-order valence-electron chi connectivity index (χ1n) is 7.39. The van der Waals surface area contributed by atoms with Gasteiger partial charge < -0.3 is 10.1 Å². The third-order valence-electron chi connectivity index (χ3n) is 3.52. The summed E-state index contributed by atoms with van der Waals surface area (Å²) in [6, 6.07) is 8.96. The summed E-state index contributed by atoms with van der Waals surface area (Å²) in [7, 11) is 0. The van der Waals surface area contributed by atoms with Gasteiger partial charge in [-0.1, -0.05) is 0 Å². The number of thioether (sulfide) groups is 1. The minimum absolute atomic E-state index is 0.0304. The highest BCUT2D eigenvalue weighted by atomic mass is 32.2. The third kappa shape index (κ3) is 3.83. The first-order chi connectivity index (χ1) is 11.6. The molecule has 1 saturated heterocycles. The average molecular weight is 345 g/mol. The quantitative estimate of drug-likeness (QED) is 0.661. The molecule has 1 aromatic carbocycles. The number of hydrogen-bond donors (Lipinski definition) is 1. The van der Waals surface area contributed by atoms with Gasteiger partial charge in [0.25, 0.3) is 11.6 Å². The molecule has 7 nitrogen and oxygen atoms in total. The fourth-order valence-electron chi connectivity index (χ4n) is 2.29. The van der Waals surface area contributed by atoms with E-state index in [0.29, 0.717) is 17.1 Å². The number of rotatable bonds is 5. The SMILES string of the molecule is O=C(Nc1ccc([N+](=O)[O-])cc1)c1cccnc1OC1CCSC1. The van der Waals surface area contributed by atoms with E-state index in [4.69, 9.17) is 4.74 Å². The summed E-state index contributed by atoms with van der Waals surface area (Å²) in [5.41, 5.74) is 0.779. The maximum absolute atomic E-state index is 12.5. The molecule has 1 fully saturated rings. The number of nitrogens with one attached hydrogen (secondary N) is 1. The van der Waals surface area contributed by atoms with Crippen LogP contribution in [0.15, 0.2) is 42.6 Å². The van der Waals surface area contributed by atoms with E-state index in [9.17, 15) is 14.9 Å². The van der Waals surface area contributed by atoms with Crippen molar-refractivity contribution in [3.63, 3.8) is 0 Å². The van der Waals surface area contributed by atoms with Crippen LogP contribution in [0.3, 0.4) is 0 Å². The van der Waals surface area contributed by atoms with Gasteiger partial charge in [-0.15, -0.1) is 0 Å². The average Bonchev–Trinajstić information content (AvgIpc) is 3.09. The van der Waals surface area contributed by atoms with Crippen LogP contribution in [-0.2, 0) is 0 Å². The molecule has 0 aliphatic carbocycles. The molecule has 24 heavy (non-hydrogen) atoms. The molecule has 1 aliphatic rings. The van der Waals surface area contributed by atoms with Crippen molar-refractivity contribution in [3.05, 3.63) is 58.3 Å². The zero-order valence-electron chi connectivity index (χ0n) is 12.7. The van der Waals surface area contributed by atoms with Crippen molar-refractivity contribution >= 4 is 29.0 Å². The lowest BCUT2D eigenvalue weighted by molar-refractivity contribution is -0.384.